The van der Waals surface area contributed by atoms with Crippen LogP contribution in [0.15, 0.2) is 0 Å². The van der Waals surface area contributed by atoms with Crippen LogP contribution in [0.3, 0.4) is 0 Å². The maximum absolute atomic E-state index is 5.88. The lowest BCUT2D eigenvalue weighted by molar-refractivity contribution is -0.0778. The standard InChI is InChI=1S/C10H19BINO2/c11-10-6-13(12)5-9(15-10)7-14-8-3-1-2-4-8/h8-10H,1-7,11H2. The van der Waals surface area contributed by atoms with Crippen molar-refractivity contribution in [2.75, 3.05) is 19.7 Å². The van der Waals surface area contributed by atoms with Crippen LogP contribution in [0.25, 0.3) is 0 Å². The Labute approximate surface area is 107 Å². The predicted molar refractivity (Wildman–Crippen MR) is 71.0 cm³/mol. The normalized spacial score (nSPS) is 34.7. The van der Waals surface area contributed by atoms with E-state index in [9.17, 15) is 0 Å². The number of rotatable bonds is 3. The number of nitrogens with zero attached hydrogens (tertiary/aromatic N) is 1. The highest BCUT2D eigenvalue weighted by molar-refractivity contribution is 14.1. The van der Waals surface area contributed by atoms with Crippen molar-refractivity contribution in [2.24, 2.45) is 0 Å². The molecule has 1 heterocycles. The average Bonchev–Trinajstić information content (AvgIpc) is 2.65. The van der Waals surface area contributed by atoms with Crippen LogP contribution in [0.5, 0.6) is 0 Å². The van der Waals surface area contributed by atoms with Gasteiger partial charge in [0.25, 0.3) is 0 Å². The summed E-state index contributed by atoms with van der Waals surface area (Å²) in [7, 11) is 2.13. The Balaban J connectivity index is 1.69. The van der Waals surface area contributed by atoms with Crippen molar-refractivity contribution >= 4 is 30.7 Å². The molecule has 1 saturated carbocycles. The molecule has 0 aromatic heterocycles. The van der Waals surface area contributed by atoms with Gasteiger partial charge in [-0.05, 0) is 12.8 Å². The van der Waals surface area contributed by atoms with E-state index < -0.39 is 0 Å². The molecular formula is C10H19BINO2. The van der Waals surface area contributed by atoms with E-state index in [1.807, 2.05) is 0 Å². The van der Waals surface area contributed by atoms with Crippen molar-refractivity contribution in [3.63, 3.8) is 0 Å². The van der Waals surface area contributed by atoms with Gasteiger partial charge in [-0.2, -0.15) is 0 Å². The first-order valence-electron chi connectivity index (χ1n) is 5.92. The van der Waals surface area contributed by atoms with E-state index in [1.54, 1.807) is 0 Å². The first-order valence-corrected chi connectivity index (χ1v) is 6.88. The zero-order valence-corrected chi connectivity index (χ0v) is 11.5. The summed E-state index contributed by atoms with van der Waals surface area (Å²) in [4.78, 5) is 0. The zero-order valence-electron chi connectivity index (χ0n) is 9.32. The van der Waals surface area contributed by atoms with Crippen molar-refractivity contribution in [2.45, 2.75) is 43.9 Å². The number of halogens is 1. The van der Waals surface area contributed by atoms with E-state index in [0.717, 1.165) is 19.7 Å². The van der Waals surface area contributed by atoms with Gasteiger partial charge in [0.2, 0.25) is 0 Å². The first kappa shape index (κ1) is 12.1. The molecule has 2 atom stereocenters. The minimum absolute atomic E-state index is 0.270. The molecule has 1 saturated heterocycles. The Morgan fingerprint density at radius 2 is 2.07 bits per heavy atom. The maximum atomic E-state index is 5.88. The third-order valence-corrected chi connectivity index (χ3v) is 3.89. The molecule has 1 aliphatic heterocycles. The Morgan fingerprint density at radius 1 is 1.33 bits per heavy atom. The molecule has 2 unspecified atom stereocenters. The van der Waals surface area contributed by atoms with E-state index in [1.165, 1.54) is 25.7 Å². The fourth-order valence-corrected chi connectivity index (χ4v) is 3.37. The molecule has 86 valence electrons. The molecule has 0 spiro atoms. The second-order valence-corrected chi connectivity index (χ2v) is 6.00. The van der Waals surface area contributed by atoms with Gasteiger partial charge in [0.15, 0.2) is 0 Å². The van der Waals surface area contributed by atoms with Crippen molar-refractivity contribution in [3.8, 4) is 0 Å². The number of morpholine rings is 1. The van der Waals surface area contributed by atoms with Crippen LogP contribution >= 0.6 is 22.9 Å². The molecule has 5 heteroatoms. The Morgan fingerprint density at radius 3 is 2.73 bits per heavy atom. The van der Waals surface area contributed by atoms with Gasteiger partial charge in [-0.1, -0.05) is 12.8 Å². The third kappa shape index (κ3) is 3.87. The smallest absolute Gasteiger partial charge is 0.140 e. The summed E-state index contributed by atoms with van der Waals surface area (Å²) >= 11 is 2.37. The van der Waals surface area contributed by atoms with Gasteiger partial charge in [0.1, 0.15) is 7.85 Å². The van der Waals surface area contributed by atoms with Gasteiger partial charge in [-0.15, -0.1) is 0 Å². The second kappa shape index (κ2) is 5.84. The molecule has 3 nitrogen and oxygen atoms in total. The summed E-state index contributed by atoms with van der Waals surface area (Å²) in [6, 6.07) is 0.341. The van der Waals surface area contributed by atoms with Crippen molar-refractivity contribution in [1.82, 2.24) is 3.11 Å². The van der Waals surface area contributed by atoms with Gasteiger partial charge in [0, 0.05) is 42.0 Å². The third-order valence-electron chi connectivity index (χ3n) is 3.10. The van der Waals surface area contributed by atoms with Crippen LogP contribution in [0.1, 0.15) is 25.7 Å². The molecule has 0 radical (unpaired) electrons. The van der Waals surface area contributed by atoms with Gasteiger partial charge in [0.05, 0.1) is 18.8 Å². The molecule has 2 aliphatic rings. The van der Waals surface area contributed by atoms with Crippen molar-refractivity contribution < 1.29 is 9.47 Å². The topological polar surface area (TPSA) is 21.7 Å². The van der Waals surface area contributed by atoms with Crippen LogP contribution in [0.2, 0.25) is 0 Å². The van der Waals surface area contributed by atoms with Crippen molar-refractivity contribution in [3.05, 3.63) is 0 Å². The molecule has 0 N–H and O–H groups in total. The highest BCUT2D eigenvalue weighted by Gasteiger charge is 2.25. The lowest BCUT2D eigenvalue weighted by atomic mass is 9.98. The fraction of sp³-hybridized carbons (Fsp3) is 1.00. The molecule has 0 amide bonds. The Hall–Kier alpha value is 0.675. The van der Waals surface area contributed by atoms with E-state index >= 15 is 0 Å². The van der Waals surface area contributed by atoms with E-state index in [-0.39, 0.29) is 6.10 Å². The molecular weight excluding hydrogens is 304 g/mol. The van der Waals surface area contributed by atoms with E-state index in [2.05, 4.69) is 33.8 Å². The lowest BCUT2D eigenvalue weighted by Gasteiger charge is -2.33. The Kier molecular flexibility index (Phi) is 4.73. The minimum atomic E-state index is 0.270. The highest BCUT2D eigenvalue weighted by Crippen LogP contribution is 2.22. The highest BCUT2D eigenvalue weighted by atomic mass is 127. The predicted octanol–water partition coefficient (Wildman–Crippen LogP) is 0.956. The lowest BCUT2D eigenvalue weighted by Crippen LogP contribution is -2.45. The quantitative estimate of drug-likeness (QED) is 0.439. The van der Waals surface area contributed by atoms with E-state index in [0.29, 0.717) is 12.1 Å². The fourth-order valence-electron chi connectivity index (χ4n) is 2.38. The summed E-state index contributed by atoms with van der Waals surface area (Å²) in [5.41, 5.74) is 0. The van der Waals surface area contributed by atoms with Crippen LogP contribution in [-0.4, -0.2) is 48.9 Å². The van der Waals surface area contributed by atoms with Crippen LogP contribution in [0, 0.1) is 0 Å². The minimum Gasteiger partial charge on any atom is -0.379 e. The van der Waals surface area contributed by atoms with Crippen LogP contribution in [-0.2, 0) is 9.47 Å². The summed E-state index contributed by atoms with van der Waals surface area (Å²) in [5, 5.41) is 0. The average molecular weight is 323 g/mol. The van der Waals surface area contributed by atoms with Gasteiger partial charge in [-0.3, -0.25) is 0 Å². The summed E-state index contributed by atoms with van der Waals surface area (Å²) in [6.45, 7) is 2.80. The largest absolute Gasteiger partial charge is 0.379 e. The molecule has 2 rings (SSSR count). The molecule has 0 bridgehead atoms. The first-order chi connectivity index (χ1) is 7.24. The molecule has 0 aromatic carbocycles. The monoisotopic (exact) mass is 323 g/mol. The van der Waals surface area contributed by atoms with Crippen LogP contribution in [0.4, 0.5) is 0 Å². The van der Waals surface area contributed by atoms with Gasteiger partial charge >= 0.3 is 0 Å². The van der Waals surface area contributed by atoms with E-state index in [4.69, 9.17) is 9.47 Å². The maximum Gasteiger partial charge on any atom is 0.140 e. The SMILES string of the molecule is BC1CN(I)CC(COC2CCCC2)O1. The summed E-state index contributed by atoms with van der Waals surface area (Å²) in [6.07, 6.45) is 5.95. The molecule has 2 fully saturated rings. The number of hydrogen-bond acceptors (Lipinski definition) is 3. The molecule has 15 heavy (non-hydrogen) atoms. The van der Waals surface area contributed by atoms with Gasteiger partial charge < -0.3 is 9.47 Å². The van der Waals surface area contributed by atoms with Crippen LogP contribution < -0.4 is 0 Å². The Bertz CT molecular complexity index is 192. The van der Waals surface area contributed by atoms with Crippen molar-refractivity contribution in [1.29, 1.82) is 0 Å². The summed E-state index contributed by atoms with van der Waals surface area (Å²) < 4.78 is 14.0. The second-order valence-electron chi connectivity index (χ2n) is 4.64. The number of ether oxygens (including phenoxy) is 2. The number of hydrogen-bond donors (Lipinski definition) is 0. The summed E-state index contributed by atoms with van der Waals surface area (Å²) in [5.74, 6) is 0. The van der Waals surface area contributed by atoms with Gasteiger partial charge in [-0.25, -0.2) is 3.11 Å². The molecule has 0 aromatic rings. The zero-order chi connectivity index (χ0) is 10.7. The molecule has 1 aliphatic carbocycles.